The Balaban J connectivity index is 1.61. The van der Waals surface area contributed by atoms with Gasteiger partial charge in [-0.15, -0.1) is 0 Å². The molecule has 3 rings (SSSR count). The molecule has 0 unspecified atom stereocenters. The van der Waals surface area contributed by atoms with Gasteiger partial charge in [-0.25, -0.2) is 5.01 Å². The highest BCUT2D eigenvalue weighted by molar-refractivity contribution is 5.88. The van der Waals surface area contributed by atoms with Gasteiger partial charge < -0.3 is 9.88 Å². The highest BCUT2D eigenvalue weighted by Crippen LogP contribution is 2.17. The SMILES string of the molecule is C[NH+]1CCN(NC(=O)Cc2c[nH]c3ccccc23)CC1. The van der Waals surface area contributed by atoms with Crippen molar-refractivity contribution in [1.29, 1.82) is 0 Å². The number of H-pyrrole nitrogens is 1. The third kappa shape index (κ3) is 2.84. The van der Waals surface area contributed by atoms with Crippen LogP contribution in [0.2, 0.25) is 0 Å². The second-order valence-electron chi connectivity index (χ2n) is 5.52. The van der Waals surface area contributed by atoms with Crippen LogP contribution >= 0.6 is 0 Å². The number of amides is 1. The molecule has 1 saturated heterocycles. The van der Waals surface area contributed by atoms with Crippen molar-refractivity contribution in [3.8, 4) is 0 Å². The van der Waals surface area contributed by atoms with Crippen LogP contribution in [0.4, 0.5) is 0 Å². The molecule has 2 heterocycles. The first kappa shape index (κ1) is 13.1. The number of rotatable bonds is 3. The predicted molar refractivity (Wildman–Crippen MR) is 78.3 cm³/mol. The van der Waals surface area contributed by atoms with E-state index in [1.54, 1.807) is 0 Å². The van der Waals surface area contributed by atoms with Crippen molar-refractivity contribution in [2.75, 3.05) is 33.2 Å². The molecule has 1 aromatic heterocycles. The van der Waals surface area contributed by atoms with Gasteiger partial charge in [-0.3, -0.25) is 10.2 Å². The van der Waals surface area contributed by atoms with Crippen LogP contribution in [0.25, 0.3) is 10.9 Å². The number of nitrogens with zero attached hydrogens (tertiary/aromatic N) is 1. The van der Waals surface area contributed by atoms with Crippen molar-refractivity contribution in [2.45, 2.75) is 6.42 Å². The van der Waals surface area contributed by atoms with E-state index in [4.69, 9.17) is 0 Å². The Bertz CT molecular complexity index is 599. The minimum atomic E-state index is 0.0642. The average molecular weight is 273 g/mol. The number of carbonyl (C=O) groups is 1. The van der Waals surface area contributed by atoms with Crippen molar-refractivity contribution in [3.63, 3.8) is 0 Å². The fourth-order valence-corrected chi connectivity index (χ4v) is 2.67. The molecule has 2 aromatic rings. The van der Waals surface area contributed by atoms with Crippen molar-refractivity contribution < 1.29 is 9.69 Å². The number of quaternary nitrogens is 1. The maximum atomic E-state index is 12.1. The fourth-order valence-electron chi connectivity index (χ4n) is 2.67. The summed E-state index contributed by atoms with van der Waals surface area (Å²) in [4.78, 5) is 16.9. The standard InChI is InChI=1S/C15H20N4O/c1-18-6-8-19(9-7-18)17-15(20)10-12-11-16-14-5-3-2-4-13(12)14/h2-5,11,16H,6-10H2,1H3,(H,17,20)/p+1. The maximum absolute atomic E-state index is 12.1. The van der Waals surface area contributed by atoms with E-state index >= 15 is 0 Å². The third-order valence-corrected chi connectivity index (χ3v) is 3.93. The number of para-hydroxylation sites is 1. The predicted octanol–water partition coefficient (Wildman–Crippen LogP) is -0.428. The molecule has 1 aliphatic rings. The molecule has 0 atom stereocenters. The number of aromatic nitrogens is 1. The lowest BCUT2D eigenvalue weighted by Gasteiger charge is -2.30. The van der Waals surface area contributed by atoms with Gasteiger partial charge in [0.05, 0.1) is 39.6 Å². The van der Waals surface area contributed by atoms with Crippen molar-refractivity contribution in [2.24, 2.45) is 0 Å². The first-order valence-electron chi connectivity index (χ1n) is 7.13. The Morgan fingerprint density at radius 3 is 2.90 bits per heavy atom. The number of hydrazine groups is 1. The number of hydrogen-bond acceptors (Lipinski definition) is 2. The normalized spacial score (nSPS) is 17.4. The zero-order chi connectivity index (χ0) is 13.9. The molecule has 5 nitrogen and oxygen atoms in total. The zero-order valence-corrected chi connectivity index (χ0v) is 11.8. The zero-order valence-electron chi connectivity index (χ0n) is 11.8. The smallest absolute Gasteiger partial charge is 0.238 e. The molecule has 1 amide bonds. The number of benzene rings is 1. The second-order valence-corrected chi connectivity index (χ2v) is 5.52. The summed E-state index contributed by atoms with van der Waals surface area (Å²) in [7, 11) is 2.19. The van der Waals surface area contributed by atoms with Crippen molar-refractivity contribution in [3.05, 3.63) is 36.0 Å². The summed E-state index contributed by atoms with van der Waals surface area (Å²) < 4.78 is 0. The van der Waals surface area contributed by atoms with Crippen LogP contribution in [0.5, 0.6) is 0 Å². The number of aromatic amines is 1. The molecule has 0 bridgehead atoms. The lowest BCUT2D eigenvalue weighted by Crippen LogP contribution is -3.12. The summed E-state index contributed by atoms with van der Waals surface area (Å²) in [6.07, 6.45) is 2.35. The van der Waals surface area contributed by atoms with E-state index in [-0.39, 0.29) is 5.91 Å². The first-order valence-corrected chi connectivity index (χ1v) is 7.13. The maximum Gasteiger partial charge on any atom is 0.238 e. The molecule has 1 aromatic carbocycles. The molecule has 106 valence electrons. The number of carbonyl (C=O) groups excluding carboxylic acids is 1. The molecule has 0 spiro atoms. The molecular formula is C15H21N4O+. The Kier molecular flexibility index (Phi) is 3.71. The van der Waals surface area contributed by atoms with Gasteiger partial charge in [0.2, 0.25) is 5.91 Å². The molecule has 1 aliphatic heterocycles. The highest BCUT2D eigenvalue weighted by atomic mass is 16.2. The Morgan fingerprint density at radius 2 is 2.10 bits per heavy atom. The van der Waals surface area contributed by atoms with Crippen LogP contribution in [0, 0.1) is 0 Å². The number of hydrogen-bond donors (Lipinski definition) is 3. The summed E-state index contributed by atoms with van der Waals surface area (Å²) in [5.74, 6) is 0.0642. The molecule has 1 fully saturated rings. The first-order chi connectivity index (χ1) is 9.72. The van der Waals surface area contributed by atoms with Gasteiger partial charge in [-0.1, -0.05) is 18.2 Å². The monoisotopic (exact) mass is 273 g/mol. The largest absolute Gasteiger partial charge is 0.361 e. The fraction of sp³-hybridized carbons (Fsp3) is 0.400. The molecule has 5 heteroatoms. The van der Waals surface area contributed by atoms with E-state index in [0.29, 0.717) is 6.42 Å². The highest BCUT2D eigenvalue weighted by Gasteiger charge is 2.18. The topological polar surface area (TPSA) is 52.6 Å². The van der Waals surface area contributed by atoms with Gasteiger partial charge >= 0.3 is 0 Å². The number of likely N-dealkylation sites (N-methyl/N-ethyl adjacent to an activating group) is 1. The van der Waals surface area contributed by atoms with Crippen LogP contribution in [0.1, 0.15) is 5.56 Å². The van der Waals surface area contributed by atoms with Crippen LogP contribution < -0.4 is 10.3 Å². The van der Waals surface area contributed by atoms with Crippen molar-refractivity contribution in [1.82, 2.24) is 15.4 Å². The van der Waals surface area contributed by atoms with Gasteiger partial charge in [-0.05, 0) is 11.6 Å². The molecule has 0 aliphatic carbocycles. The molecular weight excluding hydrogens is 252 g/mol. The van der Waals surface area contributed by atoms with Gasteiger partial charge in [0.25, 0.3) is 0 Å². The molecule has 3 N–H and O–H groups in total. The summed E-state index contributed by atoms with van der Waals surface area (Å²) in [6, 6.07) is 8.07. The quantitative estimate of drug-likeness (QED) is 0.711. The van der Waals surface area contributed by atoms with E-state index < -0.39 is 0 Å². The number of fused-ring (bicyclic) bond motifs is 1. The summed E-state index contributed by atoms with van der Waals surface area (Å²) in [5, 5.41) is 3.16. The molecule has 20 heavy (non-hydrogen) atoms. The van der Waals surface area contributed by atoms with Crippen LogP contribution in [-0.2, 0) is 11.2 Å². The van der Waals surface area contributed by atoms with E-state index in [2.05, 4.69) is 17.5 Å². The van der Waals surface area contributed by atoms with Crippen LogP contribution in [0.3, 0.4) is 0 Å². The number of piperazine rings is 1. The van der Waals surface area contributed by atoms with Gasteiger partial charge in [0.15, 0.2) is 0 Å². The van der Waals surface area contributed by atoms with Gasteiger partial charge in [0, 0.05) is 17.1 Å². The van der Waals surface area contributed by atoms with Crippen LogP contribution in [-0.4, -0.2) is 49.1 Å². The summed E-state index contributed by atoms with van der Waals surface area (Å²) >= 11 is 0. The minimum Gasteiger partial charge on any atom is -0.361 e. The Morgan fingerprint density at radius 1 is 1.35 bits per heavy atom. The summed E-state index contributed by atoms with van der Waals surface area (Å²) in [6.45, 7) is 4.00. The summed E-state index contributed by atoms with van der Waals surface area (Å²) in [5.41, 5.74) is 5.15. The van der Waals surface area contributed by atoms with Crippen molar-refractivity contribution >= 4 is 16.8 Å². The minimum absolute atomic E-state index is 0.0642. The van der Waals surface area contributed by atoms with Crippen LogP contribution in [0.15, 0.2) is 30.5 Å². The van der Waals surface area contributed by atoms with Gasteiger partial charge in [-0.2, -0.15) is 0 Å². The van der Waals surface area contributed by atoms with Gasteiger partial charge in [0.1, 0.15) is 0 Å². The molecule has 0 radical (unpaired) electrons. The van der Waals surface area contributed by atoms with E-state index in [1.165, 1.54) is 4.90 Å². The average Bonchev–Trinajstić information content (AvgIpc) is 2.85. The number of nitrogens with one attached hydrogen (secondary N) is 3. The van der Waals surface area contributed by atoms with E-state index in [1.807, 2.05) is 35.5 Å². The Labute approximate surface area is 118 Å². The second kappa shape index (κ2) is 5.64. The van der Waals surface area contributed by atoms with E-state index in [0.717, 1.165) is 42.6 Å². The lowest BCUT2D eigenvalue weighted by molar-refractivity contribution is -0.884. The lowest BCUT2D eigenvalue weighted by atomic mass is 10.1. The van der Waals surface area contributed by atoms with E-state index in [9.17, 15) is 4.79 Å². The Hall–Kier alpha value is -1.85. The third-order valence-electron chi connectivity index (χ3n) is 3.93. The molecule has 0 saturated carbocycles.